The Morgan fingerprint density at radius 1 is 1.30 bits per heavy atom. The van der Waals surface area contributed by atoms with Crippen LogP contribution >= 0.6 is 0 Å². The van der Waals surface area contributed by atoms with Crippen LogP contribution in [0.2, 0.25) is 0 Å². The van der Waals surface area contributed by atoms with Crippen molar-refractivity contribution in [3.05, 3.63) is 63.1 Å². The van der Waals surface area contributed by atoms with Crippen LogP contribution in [-0.4, -0.2) is 15.9 Å². The lowest BCUT2D eigenvalue weighted by Crippen LogP contribution is -2.28. The quantitative estimate of drug-likeness (QED) is 0.889. The van der Waals surface area contributed by atoms with E-state index in [9.17, 15) is 14.0 Å². The molecule has 122 valence electrons. The fourth-order valence-corrected chi connectivity index (χ4v) is 2.43. The SMILES string of the molecule is Cc1nc(C)c(CCC(=O)N[C@H](C)c2ccc(F)cc2)c(=O)[nH]1. The lowest BCUT2D eigenvalue weighted by atomic mass is 10.1. The molecule has 5 nitrogen and oxygen atoms in total. The summed E-state index contributed by atoms with van der Waals surface area (Å²) in [5, 5.41) is 2.84. The number of carbonyl (C=O) groups excluding carboxylic acids is 1. The molecule has 1 aromatic heterocycles. The average molecular weight is 317 g/mol. The Balaban J connectivity index is 1.95. The number of hydrogen-bond donors (Lipinski definition) is 2. The van der Waals surface area contributed by atoms with Gasteiger partial charge in [0.2, 0.25) is 5.91 Å². The summed E-state index contributed by atoms with van der Waals surface area (Å²) in [6.45, 7) is 5.31. The van der Waals surface area contributed by atoms with E-state index in [1.807, 2.05) is 6.92 Å². The number of rotatable bonds is 5. The number of aromatic nitrogens is 2. The molecule has 0 bridgehead atoms. The molecule has 0 unspecified atom stereocenters. The van der Waals surface area contributed by atoms with Crippen LogP contribution in [0, 0.1) is 19.7 Å². The number of H-pyrrole nitrogens is 1. The van der Waals surface area contributed by atoms with Crippen LogP contribution in [0.1, 0.15) is 42.0 Å². The summed E-state index contributed by atoms with van der Waals surface area (Å²) in [7, 11) is 0. The zero-order valence-corrected chi connectivity index (χ0v) is 13.4. The smallest absolute Gasteiger partial charge is 0.254 e. The van der Waals surface area contributed by atoms with Gasteiger partial charge in [-0.1, -0.05) is 12.1 Å². The van der Waals surface area contributed by atoms with E-state index in [1.165, 1.54) is 12.1 Å². The first-order chi connectivity index (χ1) is 10.9. The molecule has 2 aromatic rings. The summed E-state index contributed by atoms with van der Waals surface area (Å²) >= 11 is 0. The lowest BCUT2D eigenvalue weighted by Gasteiger charge is -2.14. The summed E-state index contributed by atoms with van der Waals surface area (Å²) in [5.41, 5.74) is 1.80. The van der Waals surface area contributed by atoms with Gasteiger partial charge in [0.15, 0.2) is 0 Å². The Kier molecular flexibility index (Phi) is 5.26. The van der Waals surface area contributed by atoms with E-state index >= 15 is 0 Å². The molecule has 0 fully saturated rings. The van der Waals surface area contributed by atoms with Gasteiger partial charge in [-0.05, 0) is 44.9 Å². The molecule has 2 rings (SSSR count). The number of aromatic amines is 1. The zero-order valence-electron chi connectivity index (χ0n) is 13.4. The molecule has 23 heavy (non-hydrogen) atoms. The standard InChI is InChI=1S/C17H20FN3O2/c1-10(13-4-6-14(18)7-5-13)20-16(22)9-8-15-11(2)19-12(3)21-17(15)23/h4-7,10H,8-9H2,1-3H3,(H,20,22)(H,19,21,23)/t10-/m1/s1. The molecule has 1 aromatic carbocycles. The topological polar surface area (TPSA) is 74.8 Å². The number of benzene rings is 1. The van der Waals surface area contributed by atoms with E-state index in [0.717, 1.165) is 5.56 Å². The molecule has 0 aliphatic carbocycles. The molecule has 0 aliphatic rings. The van der Waals surface area contributed by atoms with Gasteiger partial charge >= 0.3 is 0 Å². The highest BCUT2D eigenvalue weighted by Gasteiger charge is 2.12. The lowest BCUT2D eigenvalue weighted by molar-refractivity contribution is -0.121. The highest BCUT2D eigenvalue weighted by atomic mass is 19.1. The van der Waals surface area contributed by atoms with Crippen molar-refractivity contribution in [1.82, 2.24) is 15.3 Å². The molecule has 0 spiro atoms. The first-order valence-electron chi connectivity index (χ1n) is 7.48. The van der Waals surface area contributed by atoms with Crippen molar-refractivity contribution in [2.45, 2.75) is 39.7 Å². The van der Waals surface area contributed by atoms with Gasteiger partial charge in [-0.2, -0.15) is 0 Å². The summed E-state index contributed by atoms with van der Waals surface area (Å²) in [6.07, 6.45) is 0.524. The van der Waals surface area contributed by atoms with Crippen molar-refractivity contribution in [3.8, 4) is 0 Å². The molecule has 0 saturated heterocycles. The van der Waals surface area contributed by atoms with Crippen LogP contribution in [0.5, 0.6) is 0 Å². The number of amides is 1. The highest BCUT2D eigenvalue weighted by Crippen LogP contribution is 2.13. The van der Waals surface area contributed by atoms with Crippen LogP contribution in [0.15, 0.2) is 29.1 Å². The van der Waals surface area contributed by atoms with Gasteiger partial charge in [0.05, 0.1) is 6.04 Å². The molecule has 0 aliphatic heterocycles. The number of hydrogen-bond acceptors (Lipinski definition) is 3. The van der Waals surface area contributed by atoms with Crippen molar-refractivity contribution in [2.75, 3.05) is 0 Å². The van der Waals surface area contributed by atoms with Gasteiger partial charge in [0.1, 0.15) is 11.6 Å². The predicted molar refractivity (Wildman–Crippen MR) is 85.6 cm³/mol. The Bertz CT molecular complexity index is 753. The van der Waals surface area contributed by atoms with E-state index in [2.05, 4.69) is 15.3 Å². The van der Waals surface area contributed by atoms with Crippen LogP contribution in [0.4, 0.5) is 4.39 Å². The van der Waals surface area contributed by atoms with Gasteiger partial charge < -0.3 is 10.3 Å². The molecule has 0 saturated carbocycles. The maximum Gasteiger partial charge on any atom is 0.254 e. The van der Waals surface area contributed by atoms with Crippen molar-refractivity contribution in [1.29, 1.82) is 0 Å². The number of halogens is 1. The first kappa shape index (κ1) is 16.9. The fourth-order valence-electron chi connectivity index (χ4n) is 2.43. The van der Waals surface area contributed by atoms with Crippen molar-refractivity contribution < 1.29 is 9.18 Å². The monoisotopic (exact) mass is 317 g/mol. The van der Waals surface area contributed by atoms with E-state index < -0.39 is 0 Å². The molecular formula is C17H20FN3O2. The van der Waals surface area contributed by atoms with E-state index in [0.29, 0.717) is 23.5 Å². The molecule has 2 N–H and O–H groups in total. The molecule has 1 amide bonds. The highest BCUT2D eigenvalue weighted by molar-refractivity contribution is 5.76. The largest absolute Gasteiger partial charge is 0.350 e. The van der Waals surface area contributed by atoms with E-state index in [4.69, 9.17) is 0 Å². The maximum atomic E-state index is 12.9. The summed E-state index contributed by atoms with van der Waals surface area (Å²) in [5.74, 6) is 0.0840. The molecule has 1 atom stereocenters. The second kappa shape index (κ2) is 7.17. The number of nitrogens with zero attached hydrogens (tertiary/aromatic N) is 1. The van der Waals surface area contributed by atoms with E-state index in [-0.39, 0.29) is 29.7 Å². The number of carbonyl (C=O) groups is 1. The van der Waals surface area contributed by atoms with Gasteiger partial charge in [0.25, 0.3) is 5.56 Å². The fraction of sp³-hybridized carbons (Fsp3) is 0.353. The van der Waals surface area contributed by atoms with Crippen molar-refractivity contribution >= 4 is 5.91 Å². The average Bonchev–Trinajstić information content (AvgIpc) is 2.46. The van der Waals surface area contributed by atoms with Gasteiger partial charge in [-0.25, -0.2) is 9.37 Å². The summed E-state index contributed by atoms with van der Waals surface area (Å²) in [6, 6.07) is 5.77. The Morgan fingerprint density at radius 2 is 1.96 bits per heavy atom. The summed E-state index contributed by atoms with van der Waals surface area (Å²) < 4.78 is 12.9. The maximum absolute atomic E-state index is 12.9. The molecule has 6 heteroatoms. The van der Waals surface area contributed by atoms with Crippen LogP contribution < -0.4 is 10.9 Å². The Labute approximate surface area is 134 Å². The second-order valence-electron chi connectivity index (χ2n) is 5.56. The van der Waals surface area contributed by atoms with Crippen molar-refractivity contribution in [3.63, 3.8) is 0 Å². The normalized spacial score (nSPS) is 12.0. The minimum Gasteiger partial charge on any atom is -0.350 e. The predicted octanol–water partition coefficient (Wildman–Crippen LogP) is 2.34. The molecule has 1 heterocycles. The third kappa shape index (κ3) is 4.48. The van der Waals surface area contributed by atoms with Crippen molar-refractivity contribution in [2.24, 2.45) is 0 Å². The van der Waals surface area contributed by atoms with E-state index in [1.54, 1.807) is 26.0 Å². The van der Waals surface area contributed by atoms with Crippen LogP contribution in [0.3, 0.4) is 0 Å². The zero-order chi connectivity index (χ0) is 17.0. The van der Waals surface area contributed by atoms with Crippen LogP contribution in [-0.2, 0) is 11.2 Å². The van der Waals surface area contributed by atoms with Gasteiger partial charge in [-0.15, -0.1) is 0 Å². The van der Waals surface area contributed by atoms with Gasteiger partial charge in [-0.3, -0.25) is 9.59 Å². The number of aryl methyl sites for hydroxylation is 2. The molecule has 0 radical (unpaired) electrons. The Morgan fingerprint density at radius 3 is 2.57 bits per heavy atom. The third-order valence-electron chi connectivity index (χ3n) is 3.69. The Hall–Kier alpha value is -2.50. The minimum absolute atomic E-state index is 0.166. The minimum atomic E-state index is -0.311. The number of nitrogens with one attached hydrogen (secondary N) is 2. The van der Waals surface area contributed by atoms with Gasteiger partial charge in [0, 0.05) is 17.7 Å². The summed E-state index contributed by atoms with van der Waals surface area (Å²) in [4.78, 5) is 30.8. The molecular weight excluding hydrogens is 297 g/mol. The first-order valence-corrected chi connectivity index (χ1v) is 7.48. The third-order valence-corrected chi connectivity index (χ3v) is 3.69. The second-order valence-corrected chi connectivity index (χ2v) is 5.56. The van der Waals surface area contributed by atoms with Crippen LogP contribution in [0.25, 0.3) is 0 Å².